The fourth-order valence-electron chi connectivity index (χ4n) is 2.49. The second kappa shape index (κ2) is 5.40. The Balaban J connectivity index is 2.30. The Bertz CT molecular complexity index is 457. The number of aliphatic carboxylic acids is 1. The second-order valence-corrected chi connectivity index (χ2v) is 4.79. The van der Waals surface area contributed by atoms with Gasteiger partial charge in [0, 0.05) is 6.42 Å². The normalized spacial score (nSPS) is 15.9. The standard InChI is InChI=1S/C14H19NO3/c1-18-13-8-10-5-3-2-4-9(10)6-11(13)7-12(15)14(16)17/h6,8,12H,2-5,7,15H2,1H3,(H,16,17). The van der Waals surface area contributed by atoms with Gasteiger partial charge in [-0.3, -0.25) is 4.79 Å². The van der Waals surface area contributed by atoms with Crippen molar-refractivity contribution in [2.45, 2.75) is 38.1 Å². The summed E-state index contributed by atoms with van der Waals surface area (Å²) >= 11 is 0. The lowest BCUT2D eigenvalue weighted by atomic mass is 9.89. The first-order chi connectivity index (χ1) is 8.61. The molecule has 1 aromatic carbocycles. The summed E-state index contributed by atoms with van der Waals surface area (Å²) in [5.74, 6) is -0.220. The van der Waals surface area contributed by atoms with Crippen molar-refractivity contribution in [3.05, 3.63) is 28.8 Å². The minimum absolute atomic E-state index is 0.311. The Hall–Kier alpha value is -1.55. The molecular weight excluding hydrogens is 230 g/mol. The van der Waals surface area contributed by atoms with Crippen LogP contribution in [0, 0.1) is 0 Å². The van der Waals surface area contributed by atoms with Crippen molar-refractivity contribution >= 4 is 5.97 Å². The molecule has 0 bridgehead atoms. The van der Waals surface area contributed by atoms with Crippen LogP contribution in [0.15, 0.2) is 12.1 Å². The highest BCUT2D eigenvalue weighted by Gasteiger charge is 2.18. The van der Waals surface area contributed by atoms with Crippen LogP contribution in [0.5, 0.6) is 5.75 Å². The zero-order valence-electron chi connectivity index (χ0n) is 10.6. The van der Waals surface area contributed by atoms with Crippen LogP contribution >= 0.6 is 0 Å². The minimum atomic E-state index is -0.977. The molecular formula is C14H19NO3. The molecule has 0 saturated carbocycles. The van der Waals surface area contributed by atoms with E-state index in [0.29, 0.717) is 6.42 Å². The van der Waals surface area contributed by atoms with Crippen LogP contribution in [0.25, 0.3) is 0 Å². The maximum atomic E-state index is 10.8. The van der Waals surface area contributed by atoms with Gasteiger partial charge in [-0.25, -0.2) is 0 Å². The summed E-state index contributed by atoms with van der Waals surface area (Å²) in [7, 11) is 1.61. The molecule has 1 aliphatic carbocycles. The topological polar surface area (TPSA) is 72.5 Å². The van der Waals surface area contributed by atoms with Crippen LogP contribution in [-0.2, 0) is 24.1 Å². The van der Waals surface area contributed by atoms with Gasteiger partial charge < -0.3 is 15.6 Å². The Kier molecular flexibility index (Phi) is 3.87. The zero-order chi connectivity index (χ0) is 13.1. The van der Waals surface area contributed by atoms with E-state index in [1.807, 2.05) is 6.07 Å². The molecule has 0 saturated heterocycles. The monoisotopic (exact) mass is 249 g/mol. The van der Waals surface area contributed by atoms with E-state index in [4.69, 9.17) is 15.6 Å². The van der Waals surface area contributed by atoms with E-state index in [-0.39, 0.29) is 0 Å². The highest BCUT2D eigenvalue weighted by atomic mass is 16.5. The SMILES string of the molecule is COc1cc2c(cc1CC(N)C(=O)O)CCCC2. The maximum absolute atomic E-state index is 10.8. The number of carbonyl (C=O) groups is 1. The van der Waals surface area contributed by atoms with Gasteiger partial charge in [-0.1, -0.05) is 6.07 Å². The van der Waals surface area contributed by atoms with Gasteiger partial charge in [-0.15, -0.1) is 0 Å². The average Bonchev–Trinajstić information content (AvgIpc) is 2.37. The van der Waals surface area contributed by atoms with Crippen LogP contribution in [0.2, 0.25) is 0 Å². The molecule has 4 heteroatoms. The Labute approximate surface area is 107 Å². The molecule has 0 heterocycles. The van der Waals surface area contributed by atoms with E-state index in [2.05, 4.69) is 6.07 Å². The van der Waals surface area contributed by atoms with Crippen molar-refractivity contribution in [2.24, 2.45) is 5.73 Å². The fourth-order valence-corrected chi connectivity index (χ4v) is 2.49. The van der Waals surface area contributed by atoms with Gasteiger partial charge in [-0.2, -0.15) is 0 Å². The van der Waals surface area contributed by atoms with Gasteiger partial charge in [0.25, 0.3) is 0 Å². The van der Waals surface area contributed by atoms with Crippen molar-refractivity contribution in [2.75, 3.05) is 7.11 Å². The molecule has 1 aliphatic rings. The summed E-state index contributed by atoms with van der Waals surface area (Å²) in [6.45, 7) is 0. The van der Waals surface area contributed by atoms with E-state index in [1.165, 1.54) is 24.0 Å². The third-order valence-electron chi connectivity index (χ3n) is 3.50. The van der Waals surface area contributed by atoms with Gasteiger partial charge in [0.2, 0.25) is 0 Å². The summed E-state index contributed by atoms with van der Waals surface area (Å²) in [4.78, 5) is 10.8. The van der Waals surface area contributed by atoms with Crippen LogP contribution in [-0.4, -0.2) is 24.2 Å². The van der Waals surface area contributed by atoms with Crippen molar-refractivity contribution in [3.8, 4) is 5.75 Å². The smallest absolute Gasteiger partial charge is 0.320 e. The molecule has 4 nitrogen and oxygen atoms in total. The van der Waals surface area contributed by atoms with E-state index < -0.39 is 12.0 Å². The van der Waals surface area contributed by atoms with E-state index in [1.54, 1.807) is 7.11 Å². The van der Waals surface area contributed by atoms with Crippen LogP contribution in [0.4, 0.5) is 0 Å². The molecule has 0 aromatic heterocycles. The molecule has 0 fully saturated rings. The van der Waals surface area contributed by atoms with Crippen molar-refractivity contribution in [1.82, 2.24) is 0 Å². The molecule has 1 atom stereocenters. The first kappa shape index (κ1) is 12.9. The van der Waals surface area contributed by atoms with E-state index in [0.717, 1.165) is 24.2 Å². The Morgan fingerprint density at radius 3 is 2.56 bits per heavy atom. The molecule has 0 aliphatic heterocycles. The molecule has 2 rings (SSSR count). The highest BCUT2D eigenvalue weighted by molar-refractivity contribution is 5.73. The van der Waals surface area contributed by atoms with Crippen LogP contribution < -0.4 is 10.5 Å². The maximum Gasteiger partial charge on any atom is 0.320 e. The molecule has 0 spiro atoms. The van der Waals surface area contributed by atoms with Gasteiger partial charge >= 0.3 is 5.97 Å². The first-order valence-corrected chi connectivity index (χ1v) is 6.29. The molecule has 98 valence electrons. The number of hydrogen-bond donors (Lipinski definition) is 2. The molecule has 0 radical (unpaired) electrons. The molecule has 1 aromatic rings. The third kappa shape index (κ3) is 2.64. The fraction of sp³-hybridized carbons (Fsp3) is 0.500. The molecule has 18 heavy (non-hydrogen) atoms. The van der Waals surface area contributed by atoms with Crippen molar-refractivity contribution < 1.29 is 14.6 Å². The summed E-state index contributed by atoms with van der Waals surface area (Å²) in [6.07, 6.45) is 4.87. The predicted octanol–water partition coefficient (Wildman–Crippen LogP) is 1.53. The Morgan fingerprint density at radius 2 is 2.00 bits per heavy atom. The number of benzene rings is 1. The number of carboxylic acids is 1. The van der Waals surface area contributed by atoms with Gasteiger partial charge in [0.05, 0.1) is 7.11 Å². The molecule has 0 amide bonds. The van der Waals surface area contributed by atoms with Gasteiger partial charge in [-0.05, 0) is 48.4 Å². The van der Waals surface area contributed by atoms with Crippen LogP contribution in [0.1, 0.15) is 29.5 Å². The molecule has 3 N–H and O–H groups in total. The van der Waals surface area contributed by atoms with Gasteiger partial charge in [0.1, 0.15) is 11.8 Å². The summed E-state index contributed by atoms with van der Waals surface area (Å²) in [5.41, 5.74) is 9.13. The quantitative estimate of drug-likeness (QED) is 0.848. The third-order valence-corrected chi connectivity index (χ3v) is 3.50. The lowest BCUT2D eigenvalue weighted by Gasteiger charge is -2.20. The molecule has 1 unspecified atom stereocenters. The van der Waals surface area contributed by atoms with Gasteiger partial charge in [0.15, 0.2) is 0 Å². The summed E-state index contributed by atoms with van der Waals surface area (Å²) in [6, 6.07) is 3.23. The average molecular weight is 249 g/mol. The lowest BCUT2D eigenvalue weighted by Crippen LogP contribution is -2.32. The zero-order valence-corrected chi connectivity index (χ0v) is 10.6. The number of carboxylic acid groups (broad SMARTS) is 1. The minimum Gasteiger partial charge on any atom is -0.496 e. The van der Waals surface area contributed by atoms with Crippen molar-refractivity contribution in [1.29, 1.82) is 0 Å². The summed E-state index contributed by atoms with van der Waals surface area (Å²) < 4.78 is 5.34. The number of rotatable bonds is 4. The Morgan fingerprint density at radius 1 is 1.39 bits per heavy atom. The number of nitrogens with two attached hydrogens (primary N) is 1. The largest absolute Gasteiger partial charge is 0.496 e. The number of methoxy groups -OCH3 is 1. The van der Waals surface area contributed by atoms with E-state index in [9.17, 15) is 4.79 Å². The number of aryl methyl sites for hydroxylation is 2. The number of ether oxygens (including phenoxy) is 1. The number of hydrogen-bond acceptors (Lipinski definition) is 3. The second-order valence-electron chi connectivity index (χ2n) is 4.79. The van der Waals surface area contributed by atoms with Crippen LogP contribution in [0.3, 0.4) is 0 Å². The lowest BCUT2D eigenvalue weighted by molar-refractivity contribution is -0.138. The number of fused-ring (bicyclic) bond motifs is 1. The van der Waals surface area contributed by atoms with Crippen molar-refractivity contribution in [3.63, 3.8) is 0 Å². The van der Waals surface area contributed by atoms with E-state index >= 15 is 0 Å². The summed E-state index contributed by atoms with van der Waals surface area (Å²) in [5, 5.41) is 8.88. The first-order valence-electron chi connectivity index (χ1n) is 6.29. The highest BCUT2D eigenvalue weighted by Crippen LogP contribution is 2.29. The predicted molar refractivity (Wildman–Crippen MR) is 69.0 cm³/mol.